The van der Waals surface area contributed by atoms with Gasteiger partial charge in [0.1, 0.15) is 0 Å². The van der Waals surface area contributed by atoms with E-state index in [2.05, 4.69) is 44.9 Å². The molecule has 2 aromatic rings. The number of para-hydroxylation sites is 1. The number of rotatable bonds is 8. The lowest BCUT2D eigenvalue weighted by molar-refractivity contribution is 0.0420. The molecule has 6 heteroatoms. The summed E-state index contributed by atoms with van der Waals surface area (Å²) in [7, 11) is 1.79. The van der Waals surface area contributed by atoms with Gasteiger partial charge >= 0.3 is 0 Å². The molecule has 26 heavy (non-hydrogen) atoms. The molecule has 0 radical (unpaired) electrons. The largest absolute Gasteiger partial charge is 0.379 e. The maximum absolute atomic E-state index is 5.77. The van der Waals surface area contributed by atoms with Crippen LogP contribution in [0.2, 0.25) is 0 Å². The van der Waals surface area contributed by atoms with E-state index < -0.39 is 0 Å². The molecule has 0 saturated carbocycles. The summed E-state index contributed by atoms with van der Waals surface area (Å²) in [6.07, 6.45) is 4.99. The molecule has 0 aliphatic carbocycles. The summed E-state index contributed by atoms with van der Waals surface area (Å²) in [6, 6.07) is 10.4. The molecule has 3 rings (SSSR count). The van der Waals surface area contributed by atoms with Crippen molar-refractivity contribution in [2.24, 2.45) is 4.99 Å². The van der Waals surface area contributed by atoms with Crippen molar-refractivity contribution < 1.29 is 9.47 Å². The van der Waals surface area contributed by atoms with E-state index in [1.54, 1.807) is 7.05 Å². The number of pyridine rings is 1. The van der Waals surface area contributed by atoms with Gasteiger partial charge in [-0.3, -0.25) is 9.98 Å². The normalized spacial score (nSPS) is 17.6. The van der Waals surface area contributed by atoms with Crippen LogP contribution in [0.15, 0.2) is 41.5 Å². The third-order valence-electron chi connectivity index (χ3n) is 4.48. The first-order valence-corrected chi connectivity index (χ1v) is 9.33. The fourth-order valence-corrected chi connectivity index (χ4v) is 3.08. The van der Waals surface area contributed by atoms with Gasteiger partial charge in [-0.1, -0.05) is 24.3 Å². The second kappa shape index (κ2) is 10.1. The van der Waals surface area contributed by atoms with Crippen molar-refractivity contribution in [3.8, 4) is 0 Å². The van der Waals surface area contributed by atoms with E-state index in [9.17, 15) is 0 Å². The van der Waals surface area contributed by atoms with E-state index in [1.165, 1.54) is 10.9 Å². The predicted molar refractivity (Wildman–Crippen MR) is 105 cm³/mol. The SMILES string of the molecule is CN=C(NCCCOC1CCOC1)NCCc1cccc2cccnc12. The number of benzene rings is 1. The number of guanidine groups is 1. The summed E-state index contributed by atoms with van der Waals surface area (Å²) in [5.74, 6) is 0.822. The van der Waals surface area contributed by atoms with Crippen LogP contribution < -0.4 is 10.6 Å². The molecular weight excluding hydrogens is 328 g/mol. The Labute approximate surface area is 155 Å². The molecule has 2 heterocycles. The lowest BCUT2D eigenvalue weighted by atomic mass is 10.1. The quantitative estimate of drug-likeness (QED) is 0.431. The fraction of sp³-hybridized carbons (Fsp3) is 0.500. The molecule has 0 bridgehead atoms. The van der Waals surface area contributed by atoms with Gasteiger partial charge in [-0.05, 0) is 30.9 Å². The summed E-state index contributed by atoms with van der Waals surface area (Å²) in [5.41, 5.74) is 2.33. The Hall–Kier alpha value is -2.18. The molecule has 1 aliphatic rings. The van der Waals surface area contributed by atoms with Crippen molar-refractivity contribution >= 4 is 16.9 Å². The molecule has 1 aromatic carbocycles. The average Bonchev–Trinajstić information content (AvgIpc) is 3.20. The molecule has 1 aliphatic heterocycles. The Morgan fingerprint density at radius 3 is 3.00 bits per heavy atom. The first-order valence-electron chi connectivity index (χ1n) is 9.33. The van der Waals surface area contributed by atoms with Crippen LogP contribution in [0.1, 0.15) is 18.4 Å². The number of hydrogen-bond acceptors (Lipinski definition) is 4. The van der Waals surface area contributed by atoms with Crippen LogP contribution in [0.4, 0.5) is 0 Å². The van der Waals surface area contributed by atoms with Gasteiger partial charge in [-0.25, -0.2) is 0 Å². The van der Waals surface area contributed by atoms with Crippen LogP contribution in [-0.4, -0.2) is 57.0 Å². The third kappa shape index (κ3) is 5.41. The zero-order valence-corrected chi connectivity index (χ0v) is 15.4. The first-order chi connectivity index (χ1) is 12.9. The Balaban J connectivity index is 1.36. The number of aromatic nitrogens is 1. The highest BCUT2D eigenvalue weighted by Gasteiger charge is 2.15. The molecule has 140 valence electrons. The van der Waals surface area contributed by atoms with Crippen LogP contribution in [-0.2, 0) is 15.9 Å². The number of ether oxygens (including phenoxy) is 2. The molecule has 1 fully saturated rings. The van der Waals surface area contributed by atoms with Crippen molar-refractivity contribution in [2.45, 2.75) is 25.4 Å². The van der Waals surface area contributed by atoms with Gasteiger partial charge in [-0.2, -0.15) is 0 Å². The summed E-state index contributed by atoms with van der Waals surface area (Å²) in [4.78, 5) is 8.78. The minimum atomic E-state index is 0.279. The van der Waals surface area contributed by atoms with Gasteiger partial charge < -0.3 is 20.1 Å². The molecule has 1 unspecified atom stereocenters. The third-order valence-corrected chi connectivity index (χ3v) is 4.48. The first kappa shape index (κ1) is 18.6. The van der Waals surface area contributed by atoms with Crippen molar-refractivity contribution in [3.63, 3.8) is 0 Å². The maximum Gasteiger partial charge on any atom is 0.190 e. The van der Waals surface area contributed by atoms with Gasteiger partial charge in [0.25, 0.3) is 0 Å². The zero-order chi connectivity index (χ0) is 18.0. The topological polar surface area (TPSA) is 67.8 Å². The lowest BCUT2D eigenvalue weighted by Gasteiger charge is -2.13. The van der Waals surface area contributed by atoms with E-state index in [0.717, 1.165) is 63.6 Å². The van der Waals surface area contributed by atoms with Crippen molar-refractivity contribution in [1.29, 1.82) is 0 Å². The van der Waals surface area contributed by atoms with Crippen molar-refractivity contribution in [2.75, 3.05) is 40.0 Å². The van der Waals surface area contributed by atoms with E-state index in [1.807, 2.05) is 12.3 Å². The average molecular weight is 356 g/mol. The summed E-state index contributed by atoms with van der Waals surface area (Å²) in [6.45, 7) is 3.96. The highest BCUT2D eigenvalue weighted by molar-refractivity contribution is 5.82. The molecule has 1 saturated heterocycles. The molecule has 0 amide bonds. The summed E-state index contributed by atoms with van der Waals surface area (Å²) in [5, 5.41) is 7.88. The van der Waals surface area contributed by atoms with Crippen LogP contribution >= 0.6 is 0 Å². The highest BCUT2D eigenvalue weighted by Crippen LogP contribution is 2.15. The van der Waals surface area contributed by atoms with Crippen LogP contribution in [0.5, 0.6) is 0 Å². The summed E-state index contributed by atoms with van der Waals surface area (Å²) >= 11 is 0. The van der Waals surface area contributed by atoms with Gasteiger partial charge in [0.05, 0.1) is 18.2 Å². The fourth-order valence-electron chi connectivity index (χ4n) is 3.08. The number of aliphatic imine (C=N–C) groups is 1. The number of nitrogens with zero attached hydrogens (tertiary/aromatic N) is 2. The molecule has 1 atom stereocenters. The molecular formula is C20H28N4O2. The van der Waals surface area contributed by atoms with Gasteiger partial charge in [-0.15, -0.1) is 0 Å². The minimum absolute atomic E-state index is 0.279. The Morgan fingerprint density at radius 1 is 1.27 bits per heavy atom. The Morgan fingerprint density at radius 2 is 2.15 bits per heavy atom. The smallest absolute Gasteiger partial charge is 0.190 e. The molecule has 2 N–H and O–H groups in total. The lowest BCUT2D eigenvalue weighted by Crippen LogP contribution is -2.39. The van der Waals surface area contributed by atoms with Crippen LogP contribution in [0.25, 0.3) is 10.9 Å². The number of hydrogen-bond donors (Lipinski definition) is 2. The zero-order valence-electron chi connectivity index (χ0n) is 15.4. The Kier molecular flexibility index (Phi) is 7.22. The minimum Gasteiger partial charge on any atom is -0.379 e. The molecule has 1 aromatic heterocycles. The van der Waals surface area contributed by atoms with Gasteiger partial charge in [0, 0.05) is 44.9 Å². The molecule has 0 spiro atoms. The maximum atomic E-state index is 5.77. The van der Waals surface area contributed by atoms with E-state index in [4.69, 9.17) is 9.47 Å². The van der Waals surface area contributed by atoms with Crippen molar-refractivity contribution in [1.82, 2.24) is 15.6 Å². The highest BCUT2D eigenvalue weighted by atomic mass is 16.5. The van der Waals surface area contributed by atoms with Gasteiger partial charge in [0.15, 0.2) is 5.96 Å². The van der Waals surface area contributed by atoms with E-state index in [-0.39, 0.29) is 6.10 Å². The van der Waals surface area contributed by atoms with E-state index >= 15 is 0 Å². The summed E-state index contributed by atoms with van der Waals surface area (Å²) < 4.78 is 11.1. The Bertz CT molecular complexity index is 709. The number of fused-ring (bicyclic) bond motifs is 1. The van der Waals surface area contributed by atoms with Crippen LogP contribution in [0, 0.1) is 0 Å². The monoisotopic (exact) mass is 356 g/mol. The van der Waals surface area contributed by atoms with Crippen LogP contribution in [0.3, 0.4) is 0 Å². The molecule has 6 nitrogen and oxygen atoms in total. The van der Waals surface area contributed by atoms with Crippen molar-refractivity contribution in [3.05, 3.63) is 42.1 Å². The van der Waals surface area contributed by atoms with E-state index in [0.29, 0.717) is 0 Å². The predicted octanol–water partition coefficient (Wildman–Crippen LogP) is 2.14. The standard InChI is InChI=1S/C20H28N4O2/c1-21-20(23-11-4-13-26-18-9-14-25-15-18)24-12-8-17-6-2-5-16-7-3-10-22-19(16)17/h2-3,5-7,10,18H,4,8-9,11-15H2,1H3,(H2,21,23,24). The number of nitrogens with one attached hydrogen (secondary N) is 2. The van der Waals surface area contributed by atoms with Gasteiger partial charge in [0.2, 0.25) is 0 Å². The second-order valence-corrected chi connectivity index (χ2v) is 6.38. The second-order valence-electron chi connectivity index (χ2n) is 6.38.